The molecular formula is C18H21NO2. The summed E-state index contributed by atoms with van der Waals surface area (Å²) >= 11 is 0. The lowest BCUT2D eigenvalue weighted by molar-refractivity contribution is 0.0509. The summed E-state index contributed by atoms with van der Waals surface area (Å²) in [5.41, 5.74) is 9.40. The van der Waals surface area contributed by atoms with Crippen molar-refractivity contribution in [3.63, 3.8) is 0 Å². The van der Waals surface area contributed by atoms with Crippen molar-refractivity contribution < 1.29 is 9.47 Å². The molecule has 0 fully saturated rings. The second kappa shape index (κ2) is 5.08. The Labute approximate surface area is 125 Å². The van der Waals surface area contributed by atoms with Crippen LogP contribution in [0.1, 0.15) is 36.1 Å². The lowest BCUT2D eigenvalue weighted by atomic mass is 9.83. The largest absolute Gasteiger partial charge is 0.497 e. The number of hydrogen-bond donors (Lipinski definition) is 1. The molecule has 110 valence electrons. The maximum absolute atomic E-state index is 6.39. The maximum Gasteiger partial charge on any atom is 0.133 e. The van der Waals surface area contributed by atoms with Gasteiger partial charge in [0.2, 0.25) is 0 Å². The number of ether oxygens (including phenoxy) is 2. The smallest absolute Gasteiger partial charge is 0.133 e. The Hall–Kier alpha value is -2.00. The maximum atomic E-state index is 6.39. The van der Waals surface area contributed by atoms with Gasteiger partial charge in [0, 0.05) is 18.0 Å². The highest BCUT2D eigenvalue weighted by molar-refractivity contribution is 5.45. The first-order chi connectivity index (χ1) is 10.0. The fourth-order valence-corrected chi connectivity index (χ4v) is 3.00. The normalized spacial score (nSPS) is 24.1. The topological polar surface area (TPSA) is 44.5 Å². The van der Waals surface area contributed by atoms with E-state index in [1.54, 1.807) is 7.11 Å². The van der Waals surface area contributed by atoms with E-state index in [0.717, 1.165) is 23.5 Å². The Bertz CT molecular complexity index is 668. The van der Waals surface area contributed by atoms with E-state index in [2.05, 4.69) is 38.1 Å². The number of nitrogens with two attached hydrogens (primary N) is 1. The molecule has 0 saturated carbocycles. The molecule has 3 heteroatoms. The third kappa shape index (κ3) is 2.49. The summed E-state index contributed by atoms with van der Waals surface area (Å²) in [5, 5.41) is 0. The van der Waals surface area contributed by atoms with Crippen molar-refractivity contribution in [3.8, 4) is 11.5 Å². The molecule has 2 aromatic rings. The van der Waals surface area contributed by atoms with Gasteiger partial charge in [-0.05, 0) is 37.6 Å². The van der Waals surface area contributed by atoms with Gasteiger partial charge in [0.25, 0.3) is 0 Å². The van der Waals surface area contributed by atoms with Gasteiger partial charge in [0.15, 0.2) is 0 Å². The quantitative estimate of drug-likeness (QED) is 0.914. The number of rotatable bonds is 2. The van der Waals surface area contributed by atoms with Crippen molar-refractivity contribution in [3.05, 3.63) is 59.2 Å². The van der Waals surface area contributed by atoms with Crippen LogP contribution in [-0.4, -0.2) is 7.11 Å². The molecule has 3 rings (SSSR count). The highest BCUT2D eigenvalue weighted by Crippen LogP contribution is 2.44. The van der Waals surface area contributed by atoms with Gasteiger partial charge in [-0.3, -0.25) is 0 Å². The Morgan fingerprint density at radius 3 is 2.76 bits per heavy atom. The Kier molecular flexibility index (Phi) is 3.38. The van der Waals surface area contributed by atoms with Gasteiger partial charge in [0.1, 0.15) is 17.1 Å². The van der Waals surface area contributed by atoms with Gasteiger partial charge >= 0.3 is 0 Å². The molecule has 2 aromatic carbocycles. The number of fused-ring (bicyclic) bond motifs is 1. The van der Waals surface area contributed by atoms with E-state index in [9.17, 15) is 0 Å². The third-order valence-electron chi connectivity index (χ3n) is 4.19. The summed E-state index contributed by atoms with van der Waals surface area (Å²) in [7, 11) is 1.66. The van der Waals surface area contributed by atoms with E-state index < -0.39 is 5.60 Å². The van der Waals surface area contributed by atoms with Crippen LogP contribution in [0.4, 0.5) is 0 Å². The SMILES string of the molecule is COc1ccc2c(c1)[C@@H](N)CC(C)(c1cccc(C)c1)O2. The van der Waals surface area contributed by atoms with Gasteiger partial charge in [0.05, 0.1) is 7.11 Å². The summed E-state index contributed by atoms with van der Waals surface area (Å²) in [4.78, 5) is 0. The molecule has 0 bridgehead atoms. The van der Waals surface area contributed by atoms with Crippen molar-refractivity contribution in [1.29, 1.82) is 0 Å². The molecule has 0 aliphatic carbocycles. The Morgan fingerprint density at radius 1 is 1.24 bits per heavy atom. The monoisotopic (exact) mass is 283 g/mol. The van der Waals surface area contributed by atoms with Gasteiger partial charge in [-0.2, -0.15) is 0 Å². The average Bonchev–Trinajstić information content (AvgIpc) is 2.47. The Morgan fingerprint density at radius 2 is 2.05 bits per heavy atom. The minimum atomic E-state index is -0.396. The van der Waals surface area contributed by atoms with E-state index in [-0.39, 0.29) is 6.04 Å². The molecule has 0 amide bonds. The number of aryl methyl sites for hydroxylation is 1. The standard InChI is InChI=1S/C18H21NO2/c1-12-5-4-6-13(9-12)18(2)11-16(19)15-10-14(20-3)7-8-17(15)21-18/h4-10,16H,11,19H2,1-3H3/t16-,18?/m0/s1. The van der Waals surface area contributed by atoms with Crippen LogP contribution in [0.25, 0.3) is 0 Å². The van der Waals surface area contributed by atoms with Crippen LogP contribution in [0.15, 0.2) is 42.5 Å². The van der Waals surface area contributed by atoms with E-state index in [4.69, 9.17) is 15.2 Å². The third-order valence-corrected chi connectivity index (χ3v) is 4.19. The fraction of sp³-hybridized carbons (Fsp3) is 0.333. The molecule has 0 saturated heterocycles. The van der Waals surface area contributed by atoms with Crippen LogP contribution < -0.4 is 15.2 Å². The molecule has 2 atom stereocenters. The zero-order valence-corrected chi connectivity index (χ0v) is 12.7. The average molecular weight is 283 g/mol. The van der Waals surface area contributed by atoms with Crippen LogP contribution in [0.5, 0.6) is 11.5 Å². The summed E-state index contributed by atoms with van der Waals surface area (Å²) in [6, 6.07) is 14.2. The number of hydrogen-bond acceptors (Lipinski definition) is 3. The number of benzene rings is 2. The van der Waals surface area contributed by atoms with Crippen molar-refractivity contribution in [2.75, 3.05) is 7.11 Å². The van der Waals surface area contributed by atoms with Crippen molar-refractivity contribution in [2.24, 2.45) is 5.73 Å². The van der Waals surface area contributed by atoms with Gasteiger partial charge < -0.3 is 15.2 Å². The van der Waals surface area contributed by atoms with E-state index in [0.29, 0.717) is 0 Å². The Balaban J connectivity index is 2.01. The van der Waals surface area contributed by atoms with Gasteiger partial charge in [-0.25, -0.2) is 0 Å². The van der Waals surface area contributed by atoms with Crippen LogP contribution in [0, 0.1) is 6.92 Å². The lowest BCUT2D eigenvalue weighted by Gasteiger charge is -2.39. The minimum Gasteiger partial charge on any atom is -0.497 e. The molecule has 0 radical (unpaired) electrons. The van der Waals surface area contributed by atoms with Crippen molar-refractivity contribution in [2.45, 2.75) is 31.9 Å². The predicted molar refractivity (Wildman–Crippen MR) is 83.7 cm³/mol. The molecule has 2 N–H and O–H groups in total. The predicted octanol–water partition coefficient (Wildman–Crippen LogP) is 3.70. The zero-order valence-electron chi connectivity index (χ0n) is 12.7. The summed E-state index contributed by atoms with van der Waals surface area (Å²) in [5.74, 6) is 1.66. The van der Waals surface area contributed by atoms with Gasteiger partial charge in [-0.15, -0.1) is 0 Å². The van der Waals surface area contributed by atoms with Crippen molar-refractivity contribution >= 4 is 0 Å². The molecule has 0 spiro atoms. The lowest BCUT2D eigenvalue weighted by Crippen LogP contribution is -2.38. The first-order valence-electron chi connectivity index (χ1n) is 7.21. The molecule has 1 heterocycles. The van der Waals surface area contributed by atoms with Crippen LogP contribution in [0.2, 0.25) is 0 Å². The molecule has 1 aliphatic rings. The minimum absolute atomic E-state index is 0.0608. The molecule has 1 aliphatic heterocycles. The van der Waals surface area contributed by atoms with Crippen LogP contribution in [0.3, 0.4) is 0 Å². The fourth-order valence-electron chi connectivity index (χ4n) is 3.00. The van der Waals surface area contributed by atoms with Crippen molar-refractivity contribution in [1.82, 2.24) is 0 Å². The molecule has 0 aromatic heterocycles. The second-order valence-electron chi connectivity index (χ2n) is 5.92. The number of methoxy groups -OCH3 is 1. The molecule has 3 nitrogen and oxygen atoms in total. The molecule has 1 unspecified atom stereocenters. The van der Waals surface area contributed by atoms with Gasteiger partial charge in [-0.1, -0.05) is 29.8 Å². The summed E-state index contributed by atoms with van der Waals surface area (Å²) in [6.45, 7) is 4.20. The zero-order chi connectivity index (χ0) is 15.0. The second-order valence-corrected chi connectivity index (χ2v) is 5.92. The first-order valence-corrected chi connectivity index (χ1v) is 7.21. The molecule has 21 heavy (non-hydrogen) atoms. The first kappa shape index (κ1) is 14.0. The van der Waals surface area contributed by atoms with Crippen LogP contribution in [-0.2, 0) is 5.60 Å². The summed E-state index contributed by atoms with van der Waals surface area (Å²) < 4.78 is 11.6. The van der Waals surface area contributed by atoms with E-state index >= 15 is 0 Å². The molecular weight excluding hydrogens is 262 g/mol. The highest BCUT2D eigenvalue weighted by Gasteiger charge is 2.37. The summed E-state index contributed by atoms with van der Waals surface area (Å²) in [6.07, 6.45) is 0.747. The van der Waals surface area contributed by atoms with E-state index in [1.807, 2.05) is 18.2 Å². The van der Waals surface area contributed by atoms with E-state index in [1.165, 1.54) is 11.1 Å². The highest BCUT2D eigenvalue weighted by atomic mass is 16.5. The van der Waals surface area contributed by atoms with Crippen LogP contribution >= 0.6 is 0 Å².